The van der Waals surface area contributed by atoms with Crippen molar-refractivity contribution in [3.63, 3.8) is 0 Å². The Morgan fingerprint density at radius 1 is 1.29 bits per heavy atom. The summed E-state index contributed by atoms with van der Waals surface area (Å²) >= 11 is 6.52. The Bertz CT molecular complexity index is 758. The molecule has 0 unspecified atom stereocenters. The largest absolute Gasteiger partial charge is 0.362 e. The minimum Gasteiger partial charge on any atom is -0.362 e. The van der Waals surface area contributed by atoms with Gasteiger partial charge in [-0.25, -0.2) is 9.29 Å². The molecule has 4 nitrogen and oxygen atoms in total. The minimum absolute atomic E-state index is 0.139. The van der Waals surface area contributed by atoms with Crippen molar-refractivity contribution in [1.82, 2.24) is 4.98 Å². The Labute approximate surface area is 128 Å². The molecule has 0 atom stereocenters. The lowest BCUT2D eigenvalue weighted by atomic mass is 10.2. The Morgan fingerprint density at radius 2 is 2.10 bits per heavy atom. The maximum Gasteiger partial charge on any atom is 0.298 e. The second-order valence-corrected chi connectivity index (χ2v) is 5.64. The summed E-state index contributed by atoms with van der Waals surface area (Å²) in [6.07, 6.45) is 3.31. The number of nitrogens with zero attached hydrogens (tertiary/aromatic N) is 1. The Kier molecular flexibility index (Phi) is 3.57. The summed E-state index contributed by atoms with van der Waals surface area (Å²) in [5.41, 5.74) is 0.969. The first-order valence-corrected chi connectivity index (χ1v) is 7.12. The summed E-state index contributed by atoms with van der Waals surface area (Å²) < 4.78 is 13.2. The van der Waals surface area contributed by atoms with Gasteiger partial charge < -0.3 is 4.98 Å². The highest BCUT2D eigenvalue weighted by Gasteiger charge is 2.36. The van der Waals surface area contributed by atoms with E-state index >= 15 is 0 Å². The molecule has 1 aromatic heterocycles. The van der Waals surface area contributed by atoms with E-state index in [1.165, 1.54) is 12.1 Å². The van der Waals surface area contributed by atoms with Crippen LogP contribution in [-0.4, -0.2) is 16.1 Å². The second kappa shape index (κ2) is 5.38. The van der Waals surface area contributed by atoms with E-state index in [-0.39, 0.29) is 10.7 Å². The molecule has 2 amide bonds. The predicted octanol–water partition coefficient (Wildman–Crippen LogP) is 4.05. The average molecular weight is 323 g/mol. The third-order valence-electron chi connectivity index (χ3n) is 2.86. The van der Waals surface area contributed by atoms with Gasteiger partial charge in [-0.2, -0.15) is 0 Å². The zero-order valence-electron chi connectivity index (χ0n) is 10.5. The van der Waals surface area contributed by atoms with Gasteiger partial charge in [0.25, 0.3) is 11.1 Å². The topological polar surface area (TPSA) is 53.2 Å². The van der Waals surface area contributed by atoms with Crippen LogP contribution in [0.4, 0.5) is 14.9 Å². The van der Waals surface area contributed by atoms with Crippen molar-refractivity contribution in [2.24, 2.45) is 0 Å². The molecule has 1 fully saturated rings. The van der Waals surface area contributed by atoms with Gasteiger partial charge in [0.2, 0.25) is 0 Å². The molecule has 21 heavy (non-hydrogen) atoms. The van der Waals surface area contributed by atoms with Crippen molar-refractivity contribution in [2.45, 2.75) is 0 Å². The molecule has 1 aliphatic heterocycles. The molecule has 0 saturated carbocycles. The van der Waals surface area contributed by atoms with Crippen molar-refractivity contribution in [1.29, 1.82) is 0 Å². The summed E-state index contributed by atoms with van der Waals surface area (Å²) in [6, 6.07) is 7.29. The lowest BCUT2D eigenvalue weighted by molar-refractivity contribution is -0.113. The number of anilines is 1. The summed E-state index contributed by atoms with van der Waals surface area (Å²) in [5.74, 6) is -1.06. The van der Waals surface area contributed by atoms with E-state index < -0.39 is 17.0 Å². The summed E-state index contributed by atoms with van der Waals surface area (Å²) in [7, 11) is 0. The predicted molar refractivity (Wildman–Crippen MR) is 80.7 cm³/mol. The number of hydrogen-bond acceptors (Lipinski definition) is 3. The zero-order valence-corrected chi connectivity index (χ0v) is 12.0. The number of amides is 2. The van der Waals surface area contributed by atoms with Gasteiger partial charge in [0, 0.05) is 11.9 Å². The third kappa shape index (κ3) is 2.59. The molecule has 0 spiro atoms. The molecule has 1 saturated heterocycles. The molecular weight excluding hydrogens is 315 g/mol. The van der Waals surface area contributed by atoms with Crippen LogP contribution in [0.2, 0.25) is 5.02 Å². The number of thioether (sulfide) groups is 1. The van der Waals surface area contributed by atoms with Crippen LogP contribution < -0.4 is 4.90 Å². The van der Waals surface area contributed by atoms with Crippen LogP contribution in [-0.2, 0) is 4.79 Å². The number of benzene rings is 1. The third-order valence-corrected chi connectivity index (χ3v) is 4.02. The molecule has 1 aromatic carbocycles. The number of rotatable bonds is 2. The lowest BCUT2D eigenvalue weighted by Crippen LogP contribution is -2.27. The van der Waals surface area contributed by atoms with Crippen LogP contribution in [0, 0.1) is 5.82 Å². The number of halogens is 2. The molecule has 3 rings (SSSR count). The fourth-order valence-electron chi connectivity index (χ4n) is 1.89. The Balaban J connectivity index is 1.95. The van der Waals surface area contributed by atoms with Crippen molar-refractivity contribution in [3.8, 4) is 0 Å². The van der Waals surface area contributed by atoms with E-state index in [9.17, 15) is 14.0 Å². The molecule has 1 N–H and O–H groups in total. The maximum atomic E-state index is 13.2. The molecule has 0 bridgehead atoms. The van der Waals surface area contributed by atoms with Crippen LogP contribution in [0.5, 0.6) is 0 Å². The molecule has 1 aliphatic rings. The second-order valence-electron chi connectivity index (χ2n) is 4.24. The van der Waals surface area contributed by atoms with E-state index in [4.69, 9.17) is 11.6 Å². The molecule has 0 radical (unpaired) electrons. The molecule has 106 valence electrons. The highest BCUT2D eigenvalue weighted by molar-refractivity contribution is 8.19. The number of aromatic amines is 1. The number of imide groups is 1. The SMILES string of the molecule is O=C1S/C(=C/c2ccc[nH]2)C(=O)N1c1ccc(F)c(Cl)c1. The fourth-order valence-corrected chi connectivity index (χ4v) is 2.90. The van der Waals surface area contributed by atoms with Crippen molar-refractivity contribution in [2.75, 3.05) is 4.90 Å². The highest BCUT2D eigenvalue weighted by Crippen LogP contribution is 2.36. The zero-order chi connectivity index (χ0) is 15.0. The number of H-pyrrole nitrogens is 1. The van der Waals surface area contributed by atoms with Crippen LogP contribution in [0.3, 0.4) is 0 Å². The van der Waals surface area contributed by atoms with Gasteiger partial charge in [0.1, 0.15) is 5.82 Å². The van der Waals surface area contributed by atoms with Crippen LogP contribution >= 0.6 is 23.4 Å². The number of nitrogens with one attached hydrogen (secondary N) is 1. The average Bonchev–Trinajstić information content (AvgIpc) is 3.03. The van der Waals surface area contributed by atoms with Gasteiger partial charge in [0.05, 0.1) is 15.6 Å². The van der Waals surface area contributed by atoms with E-state index in [2.05, 4.69) is 4.98 Å². The van der Waals surface area contributed by atoms with Gasteiger partial charge >= 0.3 is 0 Å². The Hall–Kier alpha value is -2.05. The molecular formula is C14H8ClFN2O2S. The fraction of sp³-hybridized carbons (Fsp3) is 0. The monoisotopic (exact) mass is 322 g/mol. The normalized spacial score (nSPS) is 17.0. The van der Waals surface area contributed by atoms with Gasteiger partial charge in [-0.15, -0.1) is 0 Å². The standard InChI is InChI=1S/C14H8ClFN2O2S/c15-10-7-9(3-4-11(10)16)18-13(19)12(21-14(18)20)6-8-2-1-5-17-8/h1-7,17H/b12-6+. The molecule has 7 heteroatoms. The van der Waals surface area contributed by atoms with Crippen LogP contribution in [0.15, 0.2) is 41.4 Å². The first-order valence-electron chi connectivity index (χ1n) is 5.92. The number of aromatic nitrogens is 1. The molecule has 2 aromatic rings. The van der Waals surface area contributed by atoms with Gasteiger partial charge in [-0.1, -0.05) is 11.6 Å². The summed E-state index contributed by atoms with van der Waals surface area (Å²) in [5, 5.41) is -0.583. The van der Waals surface area contributed by atoms with E-state index in [0.29, 0.717) is 4.91 Å². The number of hydrogen-bond donors (Lipinski definition) is 1. The first kappa shape index (κ1) is 13.9. The minimum atomic E-state index is -0.602. The summed E-state index contributed by atoms with van der Waals surface area (Å²) in [4.78, 5) is 28.5. The Morgan fingerprint density at radius 3 is 2.76 bits per heavy atom. The van der Waals surface area contributed by atoms with Gasteiger partial charge in [-0.3, -0.25) is 9.59 Å². The number of carbonyl (C=O) groups excluding carboxylic acids is 2. The molecule has 2 heterocycles. The van der Waals surface area contributed by atoms with Crippen LogP contribution in [0.1, 0.15) is 5.69 Å². The van der Waals surface area contributed by atoms with Crippen molar-refractivity contribution < 1.29 is 14.0 Å². The highest BCUT2D eigenvalue weighted by atomic mass is 35.5. The van der Waals surface area contributed by atoms with Gasteiger partial charge in [0.15, 0.2) is 0 Å². The number of carbonyl (C=O) groups is 2. The smallest absolute Gasteiger partial charge is 0.298 e. The van der Waals surface area contributed by atoms with E-state index in [1.807, 2.05) is 0 Å². The first-order chi connectivity index (χ1) is 10.1. The summed E-state index contributed by atoms with van der Waals surface area (Å²) in [6.45, 7) is 0. The van der Waals surface area contributed by atoms with Crippen LogP contribution in [0.25, 0.3) is 6.08 Å². The van der Waals surface area contributed by atoms with Crippen molar-refractivity contribution >= 4 is 46.3 Å². The van der Waals surface area contributed by atoms with Crippen molar-refractivity contribution in [3.05, 3.63) is 58.0 Å². The van der Waals surface area contributed by atoms with E-state index in [0.717, 1.165) is 28.4 Å². The molecule has 0 aliphatic carbocycles. The quantitative estimate of drug-likeness (QED) is 0.849. The van der Waals surface area contributed by atoms with Gasteiger partial charge in [-0.05, 0) is 48.2 Å². The lowest BCUT2D eigenvalue weighted by Gasteiger charge is -2.12. The maximum absolute atomic E-state index is 13.2. The van der Waals surface area contributed by atoms with E-state index in [1.54, 1.807) is 24.4 Å².